The number of pyridine rings is 1. The lowest BCUT2D eigenvalue weighted by Gasteiger charge is -2.24. The fraction of sp³-hybridized carbons (Fsp3) is 0.273. The Bertz CT molecular complexity index is 925. The average Bonchev–Trinajstić information content (AvgIpc) is 2.72. The number of carbonyl (C=O) groups excluding carboxylic acids is 1. The van der Waals surface area contributed by atoms with E-state index in [2.05, 4.69) is 10.3 Å². The first-order chi connectivity index (χ1) is 13.5. The highest BCUT2D eigenvalue weighted by Crippen LogP contribution is 2.21. The molecule has 1 N–H and O–H groups in total. The summed E-state index contributed by atoms with van der Waals surface area (Å²) >= 11 is 0. The zero-order chi connectivity index (χ0) is 19.9. The van der Waals surface area contributed by atoms with Crippen LogP contribution in [0.2, 0.25) is 0 Å². The van der Waals surface area contributed by atoms with Crippen LogP contribution < -0.4 is 10.1 Å². The van der Waals surface area contributed by atoms with Crippen molar-refractivity contribution in [2.45, 2.75) is 19.4 Å². The largest absolute Gasteiger partial charge is 0.494 e. The smallest absolute Gasteiger partial charge is 0.241 e. The summed E-state index contributed by atoms with van der Waals surface area (Å²) in [6.45, 7) is 3.08. The fourth-order valence-electron chi connectivity index (χ4n) is 2.88. The number of benzene rings is 2. The maximum absolute atomic E-state index is 12.9. The minimum Gasteiger partial charge on any atom is -0.494 e. The fourth-order valence-corrected chi connectivity index (χ4v) is 2.88. The van der Waals surface area contributed by atoms with Gasteiger partial charge in [0.15, 0.2) is 0 Å². The molecule has 0 unspecified atom stereocenters. The van der Waals surface area contributed by atoms with Gasteiger partial charge in [0.25, 0.3) is 0 Å². The number of hydrogen-bond donors (Lipinski definition) is 1. The average molecular weight is 381 g/mol. The van der Waals surface area contributed by atoms with E-state index >= 15 is 0 Å². The molecule has 6 heteroatoms. The van der Waals surface area contributed by atoms with Gasteiger partial charge in [0.05, 0.1) is 23.9 Å². The van der Waals surface area contributed by atoms with Gasteiger partial charge in [-0.05, 0) is 68.9 Å². The first-order valence-corrected chi connectivity index (χ1v) is 9.28. The highest BCUT2D eigenvalue weighted by atomic mass is 19.1. The number of carbonyl (C=O) groups is 1. The van der Waals surface area contributed by atoms with Crippen LogP contribution in [0.1, 0.15) is 13.3 Å². The Hall–Kier alpha value is -2.99. The molecule has 0 saturated heterocycles. The maximum atomic E-state index is 12.9. The Kier molecular flexibility index (Phi) is 6.55. The van der Waals surface area contributed by atoms with Crippen molar-refractivity contribution in [2.24, 2.45) is 0 Å². The van der Waals surface area contributed by atoms with Crippen molar-refractivity contribution >= 4 is 22.5 Å². The second-order valence-corrected chi connectivity index (χ2v) is 6.68. The number of nitrogens with zero attached hydrogens (tertiary/aromatic N) is 2. The van der Waals surface area contributed by atoms with Crippen molar-refractivity contribution in [2.75, 3.05) is 25.5 Å². The predicted octanol–water partition coefficient (Wildman–Crippen LogP) is 4.10. The van der Waals surface area contributed by atoms with E-state index in [4.69, 9.17) is 4.74 Å². The number of ether oxygens (including phenoxy) is 1. The molecule has 0 radical (unpaired) electrons. The molecule has 0 fully saturated rings. The minimum absolute atomic E-state index is 0.0710. The highest BCUT2D eigenvalue weighted by molar-refractivity contribution is 6.02. The van der Waals surface area contributed by atoms with Gasteiger partial charge in [-0.1, -0.05) is 6.07 Å². The Morgan fingerprint density at radius 1 is 1.18 bits per heavy atom. The maximum Gasteiger partial charge on any atom is 0.241 e. The quantitative estimate of drug-likeness (QED) is 0.597. The van der Waals surface area contributed by atoms with Crippen molar-refractivity contribution in [1.29, 1.82) is 0 Å². The summed E-state index contributed by atoms with van der Waals surface area (Å²) in [5.74, 6) is 0.284. The lowest BCUT2D eigenvalue weighted by Crippen LogP contribution is -2.40. The predicted molar refractivity (Wildman–Crippen MR) is 109 cm³/mol. The number of nitrogens with one attached hydrogen (secondary N) is 1. The molecule has 3 rings (SSSR count). The van der Waals surface area contributed by atoms with Gasteiger partial charge in [0, 0.05) is 18.1 Å². The summed E-state index contributed by atoms with van der Waals surface area (Å²) in [4.78, 5) is 18.9. The van der Waals surface area contributed by atoms with Gasteiger partial charge in [-0.3, -0.25) is 14.7 Å². The van der Waals surface area contributed by atoms with E-state index in [9.17, 15) is 9.18 Å². The van der Waals surface area contributed by atoms with Crippen LogP contribution in [0.15, 0.2) is 60.8 Å². The molecule has 1 atom stereocenters. The third kappa shape index (κ3) is 5.04. The molecule has 2 aromatic carbocycles. The summed E-state index contributed by atoms with van der Waals surface area (Å²) < 4.78 is 18.5. The Balaban J connectivity index is 1.49. The van der Waals surface area contributed by atoms with Gasteiger partial charge in [0.2, 0.25) is 5.91 Å². The Morgan fingerprint density at radius 2 is 1.96 bits per heavy atom. The van der Waals surface area contributed by atoms with Gasteiger partial charge >= 0.3 is 0 Å². The van der Waals surface area contributed by atoms with Crippen LogP contribution in [0.25, 0.3) is 10.9 Å². The van der Waals surface area contributed by atoms with E-state index in [0.29, 0.717) is 18.9 Å². The van der Waals surface area contributed by atoms with Crippen molar-refractivity contribution < 1.29 is 13.9 Å². The molecule has 1 amide bonds. The van der Waals surface area contributed by atoms with Gasteiger partial charge in [-0.15, -0.1) is 0 Å². The zero-order valence-corrected chi connectivity index (χ0v) is 16.1. The second kappa shape index (κ2) is 9.28. The van der Waals surface area contributed by atoms with E-state index in [1.807, 2.05) is 49.2 Å². The van der Waals surface area contributed by atoms with Gasteiger partial charge < -0.3 is 10.1 Å². The standard InChI is InChI=1S/C22H24FN3O2/c1-16(26(2)14-5-15-28-18-11-9-17(23)10-12-18)22(27)25-21-8-3-7-20-19(21)6-4-13-24-20/h3-4,6-13,16H,5,14-15H2,1-2H3,(H,25,27)/t16-/m1/s1. The van der Waals surface area contributed by atoms with Crippen LogP contribution in [-0.2, 0) is 4.79 Å². The van der Waals surface area contributed by atoms with E-state index in [-0.39, 0.29) is 17.8 Å². The van der Waals surface area contributed by atoms with Gasteiger partial charge in [0.1, 0.15) is 11.6 Å². The van der Waals surface area contributed by atoms with Crippen LogP contribution in [-0.4, -0.2) is 42.0 Å². The number of likely N-dealkylation sites (N-methyl/N-ethyl adjacent to an activating group) is 1. The Morgan fingerprint density at radius 3 is 2.75 bits per heavy atom. The third-order valence-electron chi connectivity index (χ3n) is 4.68. The molecule has 0 aliphatic rings. The molecule has 0 aliphatic carbocycles. The molecule has 28 heavy (non-hydrogen) atoms. The Labute approximate surface area is 164 Å². The molecule has 3 aromatic rings. The van der Waals surface area contributed by atoms with Crippen molar-refractivity contribution in [1.82, 2.24) is 9.88 Å². The lowest BCUT2D eigenvalue weighted by atomic mass is 10.1. The molecule has 0 saturated carbocycles. The second-order valence-electron chi connectivity index (χ2n) is 6.68. The van der Waals surface area contributed by atoms with Crippen LogP contribution in [0, 0.1) is 5.82 Å². The number of fused-ring (bicyclic) bond motifs is 1. The van der Waals surface area contributed by atoms with E-state index in [0.717, 1.165) is 23.0 Å². The molecule has 0 spiro atoms. The molecular formula is C22H24FN3O2. The topological polar surface area (TPSA) is 54.5 Å². The monoisotopic (exact) mass is 381 g/mol. The van der Waals surface area contributed by atoms with Crippen LogP contribution in [0.5, 0.6) is 5.75 Å². The minimum atomic E-state index is -0.294. The molecule has 0 bridgehead atoms. The summed E-state index contributed by atoms with van der Waals surface area (Å²) in [5, 5.41) is 3.92. The molecule has 146 valence electrons. The van der Waals surface area contributed by atoms with E-state index in [1.165, 1.54) is 12.1 Å². The first-order valence-electron chi connectivity index (χ1n) is 9.28. The van der Waals surface area contributed by atoms with Gasteiger partial charge in [-0.25, -0.2) is 4.39 Å². The van der Waals surface area contributed by atoms with Crippen molar-refractivity contribution in [3.63, 3.8) is 0 Å². The summed E-state index contributed by atoms with van der Waals surface area (Å²) in [6.07, 6.45) is 2.49. The van der Waals surface area contributed by atoms with Crippen LogP contribution >= 0.6 is 0 Å². The van der Waals surface area contributed by atoms with E-state index in [1.54, 1.807) is 18.3 Å². The van der Waals surface area contributed by atoms with Crippen molar-refractivity contribution in [3.8, 4) is 5.75 Å². The van der Waals surface area contributed by atoms with Crippen molar-refractivity contribution in [3.05, 3.63) is 66.6 Å². The third-order valence-corrected chi connectivity index (χ3v) is 4.68. The SMILES string of the molecule is C[C@H](C(=O)Nc1cccc2ncccc12)N(C)CCCOc1ccc(F)cc1. The molecule has 1 aromatic heterocycles. The number of hydrogen-bond acceptors (Lipinski definition) is 4. The number of halogens is 1. The number of aromatic nitrogens is 1. The molecule has 5 nitrogen and oxygen atoms in total. The van der Waals surface area contributed by atoms with E-state index < -0.39 is 0 Å². The highest BCUT2D eigenvalue weighted by Gasteiger charge is 2.18. The van der Waals surface area contributed by atoms with Crippen LogP contribution in [0.3, 0.4) is 0 Å². The number of anilines is 1. The zero-order valence-electron chi connectivity index (χ0n) is 16.1. The summed E-state index contributed by atoms with van der Waals surface area (Å²) in [6, 6.07) is 15.1. The van der Waals surface area contributed by atoms with Crippen LogP contribution in [0.4, 0.5) is 10.1 Å². The lowest BCUT2D eigenvalue weighted by molar-refractivity contribution is -0.120. The normalized spacial score (nSPS) is 12.1. The molecule has 0 aliphatic heterocycles. The summed E-state index contributed by atoms with van der Waals surface area (Å²) in [7, 11) is 1.91. The number of rotatable bonds is 8. The van der Waals surface area contributed by atoms with Gasteiger partial charge in [-0.2, -0.15) is 0 Å². The number of amides is 1. The summed E-state index contributed by atoms with van der Waals surface area (Å²) in [5.41, 5.74) is 1.61. The molecular weight excluding hydrogens is 357 g/mol. The first kappa shape index (κ1) is 19.8. The molecule has 1 heterocycles.